The van der Waals surface area contributed by atoms with Crippen LogP contribution in [0, 0.1) is 0 Å². The number of hydrogen-bond acceptors (Lipinski definition) is 3. The molecule has 192 valence electrons. The van der Waals surface area contributed by atoms with Gasteiger partial charge in [0, 0.05) is 23.6 Å². The summed E-state index contributed by atoms with van der Waals surface area (Å²) in [6, 6.07) is 16.9. The molecule has 1 heterocycles. The second-order valence-corrected chi connectivity index (χ2v) is 11.5. The molecule has 0 aliphatic heterocycles. The van der Waals surface area contributed by atoms with Crippen molar-refractivity contribution in [3.05, 3.63) is 76.4 Å². The lowest BCUT2D eigenvalue weighted by Crippen LogP contribution is -2.38. The van der Waals surface area contributed by atoms with E-state index in [1.165, 1.54) is 0 Å². The molecule has 1 aromatic heterocycles. The molecule has 2 aromatic carbocycles. The van der Waals surface area contributed by atoms with E-state index >= 15 is 0 Å². The Morgan fingerprint density at radius 2 is 1.61 bits per heavy atom. The highest BCUT2D eigenvalue weighted by atomic mass is 35.5. The van der Waals surface area contributed by atoms with Crippen LogP contribution < -0.4 is 5.32 Å². The first-order valence-electron chi connectivity index (χ1n) is 12.4. The summed E-state index contributed by atoms with van der Waals surface area (Å²) < 4.78 is 1.65. The van der Waals surface area contributed by atoms with Crippen LogP contribution in [0.2, 0.25) is 5.02 Å². The van der Waals surface area contributed by atoms with Crippen LogP contribution >= 0.6 is 11.6 Å². The monoisotopic (exact) mass is 508 g/mol. The Hall–Kier alpha value is -3.12. The number of benzene rings is 2. The van der Waals surface area contributed by atoms with E-state index in [0.29, 0.717) is 28.6 Å². The van der Waals surface area contributed by atoms with E-state index in [4.69, 9.17) is 16.7 Å². The average molecular weight is 509 g/mol. The molecule has 0 bridgehead atoms. The molecule has 3 aromatic rings. The van der Waals surface area contributed by atoms with Crippen molar-refractivity contribution in [2.75, 3.05) is 18.4 Å². The van der Waals surface area contributed by atoms with Gasteiger partial charge in [0.15, 0.2) is 0 Å². The Bertz CT molecular complexity index is 1220. The molecule has 0 aliphatic rings. The van der Waals surface area contributed by atoms with Crippen LogP contribution in [0.4, 0.5) is 5.82 Å². The Labute approximate surface area is 219 Å². The highest BCUT2D eigenvalue weighted by Crippen LogP contribution is 2.29. The second-order valence-electron chi connectivity index (χ2n) is 11.1. The smallest absolute Gasteiger partial charge is 0.254 e. The van der Waals surface area contributed by atoms with Gasteiger partial charge >= 0.3 is 0 Å². The minimum Gasteiger partial charge on any atom is -0.329 e. The van der Waals surface area contributed by atoms with Gasteiger partial charge in [-0.15, -0.1) is 0 Å². The lowest BCUT2D eigenvalue weighted by atomic mass is 9.86. The molecular formula is C29H37ClN4O2. The largest absolute Gasteiger partial charge is 0.329 e. The number of hydrogen-bond donors (Lipinski definition) is 1. The van der Waals surface area contributed by atoms with Crippen LogP contribution in [-0.2, 0) is 15.6 Å². The van der Waals surface area contributed by atoms with Crippen LogP contribution in [0.3, 0.4) is 0 Å². The van der Waals surface area contributed by atoms with E-state index in [-0.39, 0.29) is 29.2 Å². The number of carbonyl (C=O) groups excluding carboxylic acids is 2. The third-order valence-electron chi connectivity index (χ3n) is 5.94. The fraction of sp³-hybridized carbons (Fsp3) is 0.414. The number of nitrogens with zero attached hydrogens (tertiary/aromatic N) is 3. The van der Waals surface area contributed by atoms with Crippen LogP contribution in [0.1, 0.15) is 76.5 Å². The summed E-state index contributed by atoms with van der Waals surface area (Å²) >= 11 is 6.44. The van der Waals surface area contributed by atoms with Gasteiger partial charge in [0.1, 0.15) is 12.4 Å². The highest BCUT2D eigenvalue weighted by Gasteiger charge is 2.24. The summed E-state index contributed by atoms with van der Waals surface area (Å²) in [4.78, 5) is 28.0. The molecule has 0 spiro atoms. The van der Waals surface area contributed by atoms with Crippen LogP contribution in [0.25, 0.3) is 5.69 Å². The lowest BCUT2D eigenvalue weighted by Gasteiger charge is -2.23. The average Bonchev–Trinajstić information content (AvgIpc) is 3.22. The predicted molar refractivity (Wildman–Crippen MR) is 147 cm³/mol. The van der Waals surface area contributed by atoms with Gasteiger partial charge in [0.2, 0.25) is 5.91 Å². The Morgan fingerprint density at radius 3 is 2.17 bits per heavy atom. The summed E-state index contributed by atoms with van der Waals surface area (Å²) in [5.74, 6) is 0.0516. The molecule has 0 aliphatic carbocycles. The van der Waals surface area contributed by atoms with Crippen LogP contribution in [0.15, 0.2) is 54.6 Å². The number of nitrogens with one attached hydrogen (secondary N) is 1. The molecule has 0 unspecified atom stereocenters. The van der Waals surface area contributed by atoms with Gasteiger partial charge in [-0.3, -0.25) is 9.59 Å². The van der Waals surface area contributed by atoms with E-state index in [2.05, 4.69) is 46.9 Å². The van der Waals surface area contributed by atoms with Crippen molar-refractivity contribution in [1.29, 1.82) is 0 Å². The molecule has 0 saturated heterocycles. The van der Waals surface area contributed by atoms with Gasteiger partial charge in [-0.2, -0.15) is 5.10 Å². The first kappa shape index (κ1) is 27.5. The van der Waals surface area contributed by atoms with Crippen molar-refractivity contribution in [2.24, 2.45) is 0 Å². The quantitative estimate of drug-likeness (QED) is 0.390. The number of carbonyl (C=O) groups is 2. The first-order chi connectivity index (χ1) is 16.8. The van der Waals surface area contributed by atoms with E-state index in [1.54, 1.807) is 15.6 Å². The fourth-order valence-corrected chi connectivity index (χ4v) is 4.03. The van der Waals surface area contributed by atoms with Crippen molar-refractivity contribution in [3.8, 4) is 5.69 Å². The molecule has 2 amide bonds. The number of aromatic nitrogens is 2. The maximum atomic E-state index is 13.3. The summed E-state index contributed by atoms with van der Waals surface area (Å²) in [7, 11) is 0. The van der Waals surface area contributed by atoms with Crippen molar-refractivity contribution >= 4 is 29.2 Å². The number of rotatable bonds is 7. The van der Waals surface area contributed by atoms with E-state index in [9.17, 15) is 9.59 Å². The van der Waals surface area contributed by atoms with Crippen molar-refractivity contribution in [2.45, 2.75) is 65.7 Å². The highest BCUT2D eigenvalue weighted by molar-refractivity contribution is 6.32. The van der Waals surface area contributed by atoms with Gasteiger partial charge in [-0.05, 0) is 41.7 Å². The molecule has 7 heteroatoms. The Morgan fingerprint density at radius 1 is 0.972 bits per heavy atom. The summed E-state index contributed by atoms with van der Waals surface area (Å²) in [5.41, 5.74) is 2.99. The SMILES string of the molecule is CCCN(CC(=O)Nc1cc(C(C)(C)C)nn1-c1ccccc1Cl)C(=O)c1ccc(C(C)(C)C)cc1. The third kappa shape index (κ3) is 6.55. The maximum absolute atomic E-state index is 13.3. The molecule has 0 atom stereocenters. The van der Waals surface area contributed by atoms with E-state index in [0.717, 1.165) is 17.7 Å². The number of para-hydroxylation sites is 1. The number of amides is 2. The standard InChI is InChI=1S/C29H37ClN4O2/c1-8-17-33(27(36)20-13-15-21(16-14-20)28(2,3)4)19-26(35)31-25-18-24(29(5,6)7)32-34(25)23-12-10-9-11-22(23)30/h9-16,18H,8,17,19H2,1-7H3,(H,31,35). The fourth-order valence-electron chi connectivity index (χ4n) is 3.82. The summed E-state index contributed by atoms with van der Waals surface area (Å²) in [6.07, 6.45) is 0.741. The minimum absolute atomic E-state index is 0.00107. The molecule has 36 heavy (non-hydrogen) atoms. The Balaban J connectivity index is 1.84. The predicted octanol–water partition coefficient (Wildman–Crippen LogP) is 6.61. The number of anilines is 1. The van der Waals surface area contributed by atoms with Crippen LogP contribution in [0.5, 0.6) is 0 Å². The van der Waals surface area contributed by atoms with E-state index < -0.39 is 0 Å². The molecular weight excluding hydrogens is 472 g/mol. The lowest BCUT2D eigenvalue weighted by molar-refractivity contribution is -0.116. The van der Waals surface area contributed by atoms with Crippen molar-refractivity contribution in [3.63, 3.8) is 0 Å². The molecule has 0 radical (unpaired) electrons. The van der Waals surface area contributed by atoms with Gasteiger partial charge in [0.05, 0.1) is 16.4 Å². The normalized spacial score (nSPS) is 11.9. The maximum Gasteiger partial charge on any atom is 0.254 e. The topological polar surface area (TPSA) is 67.2 Å². The van der Waals surface area contributed by atoms with Gasteiger partial charge in [-0.25, -0.2) is 4.68 Å². The third-order valence-corrected chi connectivity index (χ3v) is 6.26. The van der Waals surface area contributed by atoms with Crippen molar-refractivity contribution in [1.82, 2.24) is 14.7 Å². The molecule has 6 nitrogen and oxygen atoms in total. The molecule has 0 fully saturated rings. The van der Waals surface area contributed by atoms with Crippen LogP contribution in [-0.4, -0.2) is 39.6 Å². The second kappa shape index (κ2) is 10.9. The molecule has 1 N–H and O–H groups in total. The zero-order chi connectivity index (χ0) is 26.7. The van der Waals surface area contributed by atoms with Gasteiger partial charge in [0.25, 0.3) is 5.91 Å². The zero-order valence-electron chi connectivity index (χ0n) is 22.4. The van der Waals surface area contributed by atoms with Gasteiger partial charge < -0.3 is 10.2 Å². The first-order valence-corrected chi connectivity index (χ1v) is 12.7. The number of halogens is 1. The molecule has 0 saturated carbocycles. The molecule has 3 rings (SSSR count). The van der Waals surface area contributed by atoms with E-state index in [1.807, 2.05) is 55.5 Å². The van der Waals surface area contributed by atoms with Crippen molar-refractivity contribution < 1.29 is 9.59 Å². The minimum atomic E-state index is -0.295. The zero-order valence-corrected chi connectivity index (χ0v) is 23.1. The summed E-state index contributed by atoms with van der Waals surface area (Å²) in [5, 5.41) is 8.22. The Kier molecular flexibility index (Phi) is 8.29. The van der Waals surface area contributed by atoms with Gasteiger partial charge in [-0.1, -0.05) is 84.3 Å². The summed E-state index contributed by atoms with van der Waals surface area (Å²) in [6.45, 7) is 15.0.